The summed E-state index contributed by atoms with van der Waals surface area (Å²) >= 11 is 0. The Morgan fingerprint density at radius 1 is 1.56 bits per heavy atom. The third kappa shape index (κ3) is 3.74. The van der Waals surface area contributed by atoms with Gasteiger partial charge in [0, 0.05) is 6.54 Å². The van der Waals surface area contributed by atoms with Gasteiger partial charge >= 0.3 is 5.69 Å². The summed E-state index contributed by atoms with van der Waals surface area (Å²) in [7, 11) is 3.25. The Hall–Kier alpha value is -2.08. The first kappa shape index (κ1) is 14.0. The molecule has 0 amide bonds. The van der Waals surface area contributed by atoms with Crippen LogP contribution in [0.1, 0.15) is 0 Å². The van der Waals surface area contributed by atoms with E-state index < -0.39 is 4.92 Å². The second-order valence-corrected chi connectivity index (χ2v) is 3.66. The van der Waals surface area contributed by atoms with Crippen LogP contribution in [0.4, 0.5) is 5.69 Å². The average molecular weight is 252 g/mol. The molecular formula is C12H16N2O4. The molecule has 0 bridgehead atoms. The van der Waals surface area contributed by atoms with E-state index >= 15 is 0 Å². The van der Waals surface area contributed by atoms with Gasteiger partial charge in [-0.2, -0.15) is 0 Å². The number of nitrogens with zero attached hydrogens (tertiary/aromatic N) is 1. The van der Waals surface area contributed by atoms with Gasteiger partial charge in [-0.1, -0.05) is 6.58 Å². The zero-order valence-electron chi connectivity index (χ0n) is 10.4. The van der Waals surface area contributed by atoms with Crippen molar-refractivity contribution in [2.75, 3.05) is 27.3 Å². The van der Waals surface area contributed by atoms with Gasteiger partial charge in [-0.15, -0.1) is 0 Å². The fourth-order valence-corrected chi connectivity index (χ4v) is 1.37. The minimum Gasteiger partial charge on any atom is -0.496 e. The second kappa shape index (κ2) is 6.61. The topological polar surface area (TPSA) is 73.6 Å². The van der Waals surface area contributed by atoms with E-state index in [1.807, 2.05) is 0 Å². The fraction of sp³-hybridized carbons (Fsp3) is 0.333. The molecule has 0 fully saturated rings. The third-order valence-corrected chi connectivity index (χ3v) is 2.22. The summed E-state index contributed by atoms with van der Waals surface area (Å²) in [6, 6.07) is 4.46. The van der Waals surface area contributed by atoms with Gasteiger partial charge in [0.2, 0.25) is 0 Å². The smallest absolute Gasteiger partial charge is 0.314 e. The molecule has 0 aliphatic rings. The Morgan fingerprint density at radius 2 is 2.28 bits per heavy atom. The molecule has 0 spiro atoms. The van der Waals surface area contributed by atoms with E-state index in [1.165, 1.54) is 19.2 Å². The minimum atomic E-state index is -0.501. The molecule has 98 valence electrons. The molecule has 6 heteroatoms. The predicted octanol–water partition coefficient (Wildman–Crippen LogP) is 1.76. The Bertz CT molecular complexity index is 446. The molecule has 0 aromatic heterocycles. The summed E-state index contributed by atoms with van der Waals surface area (Å²) in [5.41, 5.74) is 0.689. The van der Waals surface area contributed by atoms with Gasteiger partial charge in [0.1, 0.15) is 12.4 Å². The Morgan fingerprint density at radius 3 is 2.83 bits per heavy atom. The third-order valence-electron chi connectivity index (χ3n) is 2.22. The van der Waals surface area contributed by atoms with Crippen LogP contribution < -0.4 is 14.8 Å². The molecule has 0 aliphatic carbocycles. The molecule has 0 saturated carbocycles. The molecule has 1 rings (SSSR count). The summed E-state index contributed by atoms with van der Waals surface area (Å²) in [6.07, 6.45) is 0. The van der Waals surface area contributed by atoms with Gasteiger partial charge in [-0.05, 0) is 24.8 Å². The number of benzene rings is 1. The molecule has 18 heavy (non-hydrogen) atoms. The normalized spacial score (nSPS) is 9.89. The first-order valence-electron chi connectivity index (χ1n) is 5.35. The lowest BCUT2D eigenvalue weighted by Gasteiger charge is -2.09. The van der Waals surface area contributed by atoms with E-state index in [2.05, 4.69) is 11.9 Å². The van der Waals surface area contributed by atoms with Crippen molar-refractivity contribution >= 4 is 5.69 Å². The Labute approximate surface area is 105 Å². The number of nitro groups is 1. The van der Waals surface area contributed by atoms with Crippen LogP contribution in [0.15, 0.2) is 30.4 Å². The van der Waals surface area contributed by atoms with Crippen LogP contribution in [-0.2, 0) is 0 Å². The maximum atomic E-state index is 10.9. The quantitative estimate of drug-likeness (QED) is 0.454. The Balaban J connectivity index is 2.81. The molecule has 0 unspecified atom stereocenters. The van der Waals surface area contributed by atoms with Crippen molar-refractivity contribution in [2.45, 2.75) is 0 Å². The number of hydrogen-bond donors (Lipinski definition) is 1. The van der Waals surface area contributed by atoms with Crippen LogP contribution in [0.3, 0.4) is 0 Å². The number of rotatable bonds is 7. The van der Waals surface area contributed by atoms with Gasteiger partial charge in [-0.25, -0.2) is 0 Å². The maximum absolute atomic E-state index is 10.9. The molecule has 1 aromatic carbocycles. The molecule has 1 aromatic rings. The van der Waals surface area contributed by atoms with Crippen molar-refractivity contribution in [1.29, 1.82) is 0 Å². The number of methoxy groups -OCH3 is 1. The van der Waals surface area contributed by atoms with Gasteiger partial charge in [0.05, 0.1) is 18.1 Å². The molecular weight excluding hydrogens is 236 g/mol. The highest BCUT2D eigenvalue weighted by atomic mass is 16.6. The maximum Gasteiger partial charge on any atom is 0.314 e. The number of hydrogen-bond acceptors (Lipinski definition) is 5. The summed E-state index contributed by atoms with van der Waals surface area (Å²) in [4.78, 5) is 10.4. The summed E-state index contributed by atoms with van der Waals surface area (Å²) in [6.45, 7) is 4.62. The van der Waals surface area contributed by atoms with E-state index in [9.17, 15) is 10.1 Å². The SMILES string of the molecule is C=C(CNC)COc1ccc(OC)cc1[N+](=O)[O-]. The molecule has 0 aliphatic heterocycles. The zero-order valence-corrected chi connectivity index (χ0v) is 10.4. The van der Waals surface area contributed by atoms with E-state index in [1.54, 1.807) is 13.1 Å². The van der Waals surface area contributed by atoms with Crippen LogP contribution in [0.5, 0.6) is 11.5 Å². The van der Waals surface area contributed by atoms with E-state index in [0.717, 1.165) is 5.57 Å². The van der Waals surface area contributed by atoms with E-state index in [-0.39, 0.29) is 18.0 Å². The van der Waals surface area contributed by atoms with Crippen LogP contribution >= 0.6 is 0 Å². The Kier molecular flexibility index (Phi) is 5.13. The summed E-state index contributed by atoms with van der Waals surface area (Å²) in [5.74, 6) is 0.626. The van der Waals surface area contributed by atoms with Crippen molar-refractivity contribution in [3.8, 4) is 11.5 Å². The summed E-state index contributed by atoms with van der Waals surface area (Å²) in [5, 5.41) is 13.8. The van der Waals surface area contributed by atoms with Gasteiger partial charge < -0.3 is 14.8 Å². The minimum absolute atomic E-state index is 0.119. The fourth-order valence-electron chi connectivity index (χ4n) is 1.37. The molecule has 1 N–H and O–H groups in total. The number of likely N-dealkylation sites (N-methyl/N-ethyl adjacent to an activating group) is 1. The molecule has 0 radical (unpaired) electrons. The van der Waals surface area contributed by atoms with E-state index in [0.29, 0.717) is 12.3 Å². The number of nitrogens with one attached hydrogen (secondary N) is 1. The number of nitro benzene ring substituents is 1. The highest BCUT2D eigenvalue weighted by Gasteiger charge is 2.16. The van der Waals surface area contributed by atoms with Crippen LogP contribution in [-0.4, -0.2) is 32.2 Å². The largest absolute Gasteiger partial charge is 0.496 e. The molecule has 6 nitrogen and oxygen atoms in total. The van der Waals surface area contributed by atoms with E-state index in [4.69, 9.17) is 9.47 Å². The van der Waals surface area contributed by atoms with Crippen molar-refractivity contribution < 1.29 is 14.4 Å². The first-order valence-corrected chi connectivity index (χ1v) is 5.35. The standard InChI is InChI=1S/C12H16N2O4/c1-9(7-13-2)8-18-12-5-4-10(17-3)6-11(12)14(15)16/h4-6,13H,1,7-8H2,2-3H3. The average Bonchev–Trinajstić information content (AvgIpc) is 2.36. The zero-order chi connectivity index (χ0) is 13.5. The lowest BCUT2D eigenvalue weighted by molar-refractivity contribution is -0.385. The monoisotopic (exact) mass is 252 g/mol. The van der Waals surface area contributed by atoms with Crippen LogP contribution in [0.25, 0.3) is 0 Å². The number of ether oxygens (including phenoxy) is 2. The van der Waals surface area contributed by atoms with Gasteiger partial charge in [0.15, 0.2) is 5.75 Å². The summed E-state index contributed by atoms with van der Waals surface area (Å²) < 4.78 is 10.3. The van der Waals surface area contributed by atoms with Gasteiger partial charge in [-0.3, -0.25) is 10.1 Å². The van der Waals surface area contributed by atoms with Crippen molar-refractivity contribution in [3.63, 3.8) is 0 Å². The van der Waals surface area contributed by atoms with Crippen LogP contribution in [0, 0.1) is 10.1 Å². The predicted molar refractivity (Wildman–Crippen MR) is 68.2 cm³/mol. The molecule has 0 saturated heterocycles. The van der Waals surface area contributed by atoms with Crippen LogP contribution in [0.2, 0.25) is 0 Å². The van der Waals surface area contributed by atoms with Crippen molar-refractivity contribution in [1.82, 2.24) is 5.32 Å². The van der Waals surface area contributed by atoms with Crippen molar-refractivity contribution in [3.05, 3.63) is 40.5 Å². The lowest BCUT2D eigenvalue weighted by Crippen LogP contribution is -2.14. The lowest BCUT2D eigenvalue weighted by atomic mass is 10.2. The molecule has 0 heterocycles. The highest BCUT2D eigenvalue weighted by Crippen LogP contribution is 2.31. The highest BCUT2D eigenvalue weighted by molar-refractivity contribution is 5.51. The van der Waals surface area contributed by atoms with Gasteiger partial charge in [0.25, 0.3) is 0 Å². The first-order chi connectivity index (χ1) is 8.58. The molecule has 0 atom stereocenters. The second-order valence-electron chi connectivity index (χ2n) is 3.66. The van der Waals surface area contributed by atoms with Crippen molar-refractivity contribution in [2.24, 2.45) is 0 Å².